The monoisotopic (exact) mass is 284 g/mol. The molecule has 0 radical (unpaired) electrons. The second kappa shape index (κ2) is 7.19. The van der Waals surface area contributed by atoms with Crippen LogP contribution in [0.4, 0.5) is 10.6 Å². The molecule has 0 saturated carbocycles. The summed E-state index contributed by atoms with van der Waals surface area (Å²) in [5.41, 5.74) is 2.31. The minimum absolute atomic E-state index is 0. The van der Waals surface area contributed by atoms with Gasteiger partial charge in [0.1, 0.15) is 5.82 Å². The van der Waals surface area contributed by atoms with Gasteiger partial charge in [-0.15, -0.1) is 12.4 Å². The summed E-state index contributed by atoms with van der Waals surface area (Å²) in [5, 5.41) is 6.15. The summed E-state index contributed by atoms with van der Waals surface area (Å²) < 4.78 is 0. The summed E-state index contributed by atoms with van der Waals surface area (Å²) >= 11 is 0. The van der Waals surface area contributed by atoms with Crippen LogP contribution in [-0.2, 0) is 12.8 Å². The quantitative estimate of drug-likeness (QED) is 0.888. The maximum absolute atomic E-state index is 11.3. The van der Waals surface area contributed by atoms with Gasteiger partial charge in [0, 0.05) is 39.3 Å². The first-order valence-electron chi connectivity index (χ1n) is 6.34. The van der Waals surface area contributed by atoms with Gasteiger partial charge in [0.25, 0.3) is 0 Å². The van der Waals surface area contributed by atoms with E-state index in [1.165, 1.54) is 16.9 Å². The van der Waals surface area contributed by atoms with E-state index in [0.717, 1.165) is 30.9 Å². The first-order valence-corrected chi connectivity index (χ1v) is 6.34. The van der Waals surface area contributed by atoms with E-state index in [0.29, 0.717) is 6.54 Å². The van der Waals surface area contributed by atoms with Gasteiger partial charge >= 0.3 is 6.03 Å². The molecule has 1 aromatic heterocycles. The highest BCUT2D eigenvalue weighted by Crippen LogP contribution is 2.19. The second-order valence-corrected chi connectivity index (χ2v) is 4.72. The van der Waals surface area contributed by atoms with Crippen molar-refractivity contribution in [1.29, 1.82) is 0 Å². The van der Waals surface area contributed by atoms with Gasteiger partial charge in [-0.1, -0.05) is 6.07 Å². The van der Waals surface area contributed by atoms with Crippen molar-refractivity contribution < 1.29 is 4.79 Å². The molecule has 5 nitrogen and oxygen atoms in total. The van der Waals surface area contributed by atoms with E-state index in [1.807, 2.05) is 6.07 Å². The Kier molecular flexibility index (Phi) is 5.89. The number of aryl methyl sites for hydroxylation is 1. The number of hydrogen-bond donors (Lipinski definition) is 2. The molecule has 2 N–H and O–H groups in total. The third-order valence-electron chi connectivity index (χ3n) is 3.02. The number of nitrogens with one attached hydrogen (secondary N) is 2. The molecule has 0 bridgehead atoms. The van der Waals surface area contributed by atoms with Crippen LogP contribution >= 0.6 is 12.4 Å². The molecule has 2 amide bonds. The maximum atomic E-state index is 11.3. The van der Waals surface area contributed by atoms with Crippen LogP contribution in [0.25, 0.3) is 0 Å². The Morgan fingerprint density at radius 2 is 2.26 bits per heavy atom. The molecule has 19 heavy (non-hydrogen) atoms. The van der Waals surface area contributed by atoms with Crippen LogP contribution in [0.3, 0.4) is 0 Å². The SMILES string of the molecule is CN(C)C(=O)NCCc1ccc2c(n1)NCCC2.Cl. The lowest BCUT2D eigenvalue weighted by molar-refractivity contribution is 0.217. The molecule has 0 unspecified atom stereocenters. The summed E-state index contributed by atoms with van der Waals surface area (Å²) in [5.74, 6) is 1.01. The Morgan fingerprint density at radius 3 is 3.00 bits per heavy atom. The standard InChI is InChI=1S/C13H20N4O.ClH/c1-17(2)13(18)15-9-7-11-6-5-10-4-3-8-14-12(10)16-11;/h5-6H,3-4,7-9H2,1-2H3,(H,14,16)(H,15,18);1H. The highest BCUT2D eigenvalue weighted by Gasteiger charge is 2.10. The zero-order valence-electron chi connectivity index (χ0n) is 11.4. The molecule has 1 aliphatic heterocycles. The van der Waals surface area contributed by atoms with Crippen molar-refractivity contribution in [3.05, 3.63) is 23.4 Å². The number of carbonyl (C=O) groups excluding carboxylic acids is 1. The van der Waals surface area contributed by atoms with E-state index in [9.17, 15) is 4.79 Å². The van der Waals surface area contributed by atoms with Crippen molar-refractivity contribution in [3.63, 3.8) is 0 Å². The largest absolute Gasteiger partial charge is 0.370 e. The summed E-state index contributed by atoms with van der Waals surface area (Å²) in [6, 6.07) is 4.12. The Hall–Kier alpha value is -1.49. The molecule has 106 valence electrons. The van der Waals surface area contributed by atoms with Crippen LogP contribution in [0, 0.1) is 0 Å². The molecule has 0 fully saturated rings. The van der Waals surface area contributed by atoms with Gasteiger partial charge < -0.3 is 15.5 Å². The molecular weight excluding hydrogens is 264 g/mol. The predicted molar refractivity (Wildman–Crippen MR) is 79.1 cm³/mol. The number of amides is 2. The van der Waals surface area contributed by atoms with Crippen molar-refractivity contribution in [3.8, 4) is 0 Å². The minimum Gasteiger partial charge on any atom is -0.370 e. The number of urea groups is 1. The van der Waals surface area contributed by atoms with Crippen LogP contribution in [0.1, 0.15) is 17.7 Å². The molecule has 1 aromatic rings. The molecule has 6 heteroatoms. The van der Waals surface area contributed by atoms with Crippen LogP contribution < -0.4 is 10.6 Å². The maximum Gasteiger partial charge on any atom is 0.316 e. The number of nitrogens with zero attached hydrogens (tertiary/aromatic N) is 2. The lowest BCUT2D eigenvalue weighted by Crippen LogP contribution is -2.35. The van der Waals surface area contributed by atoms with Crippen molar-refractivity contribution >= 4 is 24.3 Å². The molecule has 0 spiro atoms. The van der Waals surface area contributed by atoms with Crippen molar-refractivity contribution in [2.75, 3.05) is 32.5 Å². The smallest absolute Gasteiger partial charge is 0.316 e. The number of aromatic nitrogens is 1. The Bertz CT molecular complexity index is 437. The van der Waals surface area contributed by atoms with Crippen LogP contribution in [-0.4, -0.2) is 43.1 Å². The second-order valence-electron chi connectivity index (χ2n) is 4.72. The third-order valence-corrected chi connectivity index (χ3v) is 3.02. The van der Waals surface area contributed by atoms with E-state index in [4.69, 9.17) is 0 Å². The van der Waals surface area contributed by atoms with Crippen LogP contribution in [0.2, 0.25) is 0 Å². The molecule has 0 saturated heterocycles. The van der Waals surface area contributed by atoms with Gasteiger partial charge in [-0.2, -0.15) is 0 Å². The van der Waals surface area contributed by atoms with E-state index >= 15 is 0 Å². The van der Waals surface area contributed by atoms with E-state index in [1.54, 1.807) is 14.1 Å². The summed E-state index contributed by atoms with van der Waals surface area (Å²) in [7, 11) is 3.47. The van der Waals surface area contributed by atoms with Crippen molar-refractivity contribution in [1.82, 2.24) is 15.2 Å². The molecule has 1 aliphatic rings. The molecular formula is C13H21ClN4O. The van der Waals surface area contributed by atoms with Gasteiger partial charge in [-0.25, -0.2) is 9.78 Å². The average Bonchev–Trinajstić information content (AvgIpc) is 2.38. The Labute approximate surface area is 120 Å². The van der Waals surface area contributed by atoms with Crippen molar-refractivity contribution in [2.24, 2.45) is 0 Å². The number of pyridine rings is 1. The van der Waals surface area contributed by atoms with Gasteiger partial charge in [0.15, 0.2) is 0 Å². The Balaban J connectivity index is 0.00000180. The van der Waals surface area contributed by atoms with Gasteiger partial charge in [-0.05, 0) is 24.5 Å². The van der Waals surface area contributed by atoms with Gasteiger partial charge in [-0.3, -0.25) is 0 Å². The topological polar surface area (TPSA) is 57.3 Å². The summed E-state index contributed by atoms with van der Waals surface area (Å²) in [6.45, 7) is 1.61. The number of anilines is 1. The predicted octanol–water partition coefficient (Wildman–Crippen LogP) is 1.68. The first-order chi connectivity index (χ1) is 8.66. The summed E-state index contributed by atoms with van der Waals surface area (Å²) in [4.78, 5) is 17.5. The fourth-order valence-electron chi connectivity index (χ4n) is 1.96. The van der Waals surface area contributed by atoms with Crippen molar-refractivity contribution in [2.45, 2.75) is 19.3 Å². The van der Waals surface area contributed by atoms with E-state index in [-0.39, 0.29) is 18.4 Å². The third kappa shape index (κ3) is 4.28. The number of rotatable bonds is 3. The number of hydrogen-bond acceptors (Lipinski definition) is 3. The lowest BCUT2D eigenvalue weighted by Gasteiger charge is -2.17. The normalized spacial score (nSPS) is 12.7. The summed E-state index contributed by atoms with van der Waals surface area (Å²) in [6.07, 6.45) is 3.04. The zero-order valence-corrected chi connectivity index (χ0v) is 12.2. The average molecular weight is 285 g/mol. The zero-order chi connectivity index (χ0) is 13.0. The van der Waals surface area contributed by atoms with Gasteiger partial charge in [0.05, 0.1) is 0 Å². The molecule has 0 aliphatic carbocycles. The minimum atomic E-state index is -0.0638. The highest BCUT2D eigenvalue weighted by atomic mass is 35.5. The highest BCUT2D eigenvalue weighted by molar-refractivity contribution is 5.85. The molecule has 0 aromatic carbocycles. The molecule has 2 rings (SSSR count). The van der Waals surface area contributed by atoms with E-state index < -0.39 is 0 Å². The fourth-order valence-corrected chi connectivity index (χ4v) is 1.96. The number of fused-ring (bicyclic) bond motifs is 1. The van der Waals surface area contributed by atoms with E-state index in [2.05, 4.69) is 21.7 Å². The van der Waals surface area contributed by atoms with Crippen LogP contribution in [0.5, 0.6) is 0 Å². The first kappa shape index (κ1) is 15.6. The molecule has 0 atom stereocenters. The Morgan fingerprint density at radius 1 is 1.47 bits per heavy atom. The number of halogens is 1. The van der Waals surface area contributed by atoms with Gasteiger partial charge in [0.2, 0.25) is 0 Å². The molecule has 2 heterocycles. The lowest BCUT2D eigenvalue weighted by atomic mass is 10.1. The van der Waals surface area contributed by atoms with Crippen LogP contribution in [0.15, 0.2) is 12.1 Å². The fraction of sp³-hybridized carbons (Fsp3) is 0.538. The number of carbonyl (C=O) groups is 1.